The molecule has 1 saturated carbocycles. The highest BCUT2D eigenvalue weighted by Crippen LogP contribution is 2.41. The van der Waals surface area contributed by atoms with Crippen LogP contribution in [-0.4, -0.2) is 36.7 Å². The molecule has 0 unspecified atom stereocenters. The monoisotopic (exact) mass is 302 g/mol. The summed E-state index contributed by atoms with van der Waals surface area (Å²) < 4.78 is 10.7. The van der Waals surface area contributed by atoms with Crippen molar-refractivity contribution in [2.24, 2.45) is 17.6 Å². The zero-order valence-electron chi connectivity index (χ0n) is 12.7. The van der Waals surface area contributed by atoms with E-state index in [0.29, 0.717) is 12.3 Å². The van der Waals surface area contributed by atoms with Gasteiger partial charge in [0.15, 0.2) is 11.5 Å². The Morgan fingerprint density at radius 3 is 2.86 bits per heavy atom. The largest absolute Gasteiger partial charge is 0.454 e. The Morgan fingerprint density at radius 1 is 1.23 bits per heavy atom. The van der Waals surface area contributed by atoms with Crippen LogP contribution in [-0.2, 0) is 11.2 Å². The summed E-state index contributed by atoms with van der Waals surface area (Å²) in [6, 6.07) is 6.06. The van der Waals surface area contributed by atoms with Gasteiger partial charge in [0.2, 0.25) is 12.7 Å². The van der Waals surface area contributed by atoms with Crippen LogP contribution >= 0.6 is 0 Å². The molecule has 2 fully saturated rings. The van der Waals surface area contributed by atoms with E-state index in [1.807, 2.05) is 23.1 Å². The second-order valence-electron chi connectivity index (χ2n) is 6.65. The standard InChI is InChI=1S/C17H22N2O3/c18-14-9-19(8-13(14)12-3-4-12)17(20)6-2-11-1-5-15-16(7-11)22-10-21-15/h1,5,7,12-14H,2-4,6,8-10,18H2/t13-,14+/m1/s1. The molecule has 3 aliphatic rings. The van der Waals surface area contributed by atoms with Crippen LogP contribution in [0.3, 0.4) is 0 Å². The van der Waals surface area contributed by atoms with Crippen molar-refractivity contribution in [3.63, 3.8) is 0 Å². The van der Waals surface area contributed by atoms with Crippen LogP contribution in [0.5, 0.6) is 11.5 Å². The van der Waals surface area contributed by atoms with Gasteiger partial charge in [0, 0.05) is 25.6 Å². The third-order valence-corrected chi connectivity index (χ3v) is 5.06. The molecule has 0 aromatic heterocycles. The number of carbonyl (C=O) groups excluding carboxylic acids is 1. The molecule has 4 rings (SSSR count). The van der Waals surface area contributed by atoms with Gasteiger partial charge in [-0.3, -0.25) is 4.79 Å². The number of benzene rings is 1. The summed E-state index contributed by atoms with van der Waals surface area (Å²) in [6.45, 7) is 1.86. The van der Waals surface area contributed by atoms with Crippen LogP contribution in [0.25, 0.3) is 0 Å². The van der Waals surface area contributed by atoms with Crippen molar-refractivity contribution in [3.8, 4) is 11.5 Å². The van der Waals surface area contributed by atoms with E-state index >= 15 is 0 Å². The summed E-state index contributed by atoms with van der Waals surface area (Å²) in [4.78, 5) is 14.4. The minimum absolute atomic E-state index is 0.169. The van der Waals surface area contributed by atoms with Gasteiger partial charge < -0.3 is 20.1 Å². The Balaban J connectivity index is 1.33. The Hall–Kier alpha value is -1.75. The number of nitrogens with zero attached hydrogens (tertiary/aromatic N) is 1. The number of amides is 1. The van der Waals surface area contributed by atoms with E-state index in [2.05, 4.69) is 0 Å². The highest BCUT2D eigenvalue weighted by molar-refractivity contribution is 5.77. The van der Waals surface area contributed by atoms with Gasteiger partial charge in [0.05, 0.1) is 0 Å². The first-order valence-corrected chi connectivity index (χ1v) is 8.12. The Morgan fingerprint density at radius 2 is 2.05 bits per heavy atom. The van der Waals surface area contributed by atoms with E-state index < -0.39 is 0 Å². The lowest BCUT2D eigenvalue weighted by molar-refractivity contribution is -0.130. The maximum absolute atomic E-state index is 12.4. The number of nitrogens with two attached hydrogens (primary N) is 1. The molecular formula is C17H22N2O3. The quantitative estimate of drug-likeness (QED) is 0.916. The maximum Gasteiger partial charge on any atom is 0.231 e. The van der Waals surface area contributed by atoms with Gasteiger partial charge in [-0.1, -0.05) is 6.07 Å². The SMILES string of the molecule is N[C@H]1CN(C(=O)CCc2ccc3c(c2)OCO3)C[C@@H]1C1CC1. The predicted molar refractivity (Wildman–Crippen MR) is 81.7 cm³/mol. The summed E-state index contributed by atoms with van der Waals surface area (Å²) in [5.74, 6) is 3.07. The van der Waals surface area contributed by atoms with Crippen molar-refractivity contribution in [2.45, 2.75) is 31.7 Å². The van der Waals surface area contributed by atoms with Gasteiger partial charge in [0.25, 0.3) is 0 Å². The van der Waals surface area contributed by atoms with Crippen LogP contribution in [0.4, 0.5) is 0 Å². The summed E-state index contributed by atoms with van der Waals surface area (Å²) in [5.41, 5.74) is 7.30. The van der Waals surface area contributed by atoms with Crippen LogP contribution in [0.15, 0.2) is 18.2 Å². The first-order chi connectivity index (χ1) is 10.7. The summed E-state index contributed by atoms with van der Waals surface area (Å²) in [7, 11) is 0. The molecule has 5 nitrogen and oxygen atoms in total. The van der Waals surface area contributed by atoms with Crippen LogP contribution in [0.2, 0.25) is 0 Å². The Kier molecular flexibility index (Phi) is 3.45. The molecule has 22 heavy (non-hydrogen) atoms. The first-order valence-electron chi connectivity index (χ1n) is 8.12. The fraction of sp³-hybridized carbons (Fsp3) is 0.588. The number of ether oxygens (including phenoxy) is 2. The lowest BCUT2D eigenvalue weighted by Gasteiger charge is -2.16. The van der Waals surface area contributed by atoms with Crippen molar-refractivity contribution < 1.29 is 14.3 Å². The molecule has 1 aromatic carbocycles. The molecular weight excluding hydrogens is 280 g/mol. The highest BCUT2D eigenvalue weighted by atomic mass is 16.7. The van der Waals surface area contributed by atoms with E-state index in [1.54, 1.807) is 0 Å². The first kappa shape index (κ1) is 13.9. The smallest absolute Gasteiger partial charge is 0.231 e. The average Bonchev–Trinajstić information content (AvgIpc) is 3.12. The van der Waals surface area contributed by atoms with Crippen molar-refractivity contribution in [1.29, 1.82) is 0 Å². The van der Waals surface area contributed by atoms with Crippen molar-refractivity contribution in [1.82, 2.24) is 4.90 Å². The molecule has 2 N–H and O–H groups in total. The third-order valence-electron chi connectivity index (χ3n) is 5.06. The number of fused-ring (bicyclic) bond motifs is 1. The number of carbonyl (C=O) groups is 1. The fourth-order valence-corrected chi connectivity index (χ4v) is 3.59. The minimum Gasteiger partial charge on any atom is -0.454 e. The Labute approximate surface area is 130 Å². The predicted octanol–water partition coefficient (Wildman–Crippen LogP) is 1.54. The number of hydrogen-bond acceptors (Lipinski definition) is 4. The zero-order valence-corrected chi connectivity index (χ0v) is 12.7. The summed E-state index contributed by atoms with van der Waals surface area (Å²) in [5, 5.41) is 0. The van der Waals surface area contributed by atoms with Gasteiger partial charge in [-0.05, 0) is 48.8 Å². The van der Waals surface area contributed by atoms with Gasteiger partial charge in [-0.25, -0.2) is 0 Å². The molecule has 0 radical (unpaired) electrons. The molecule has 2 heterocycles. The minimum atomic E-state index is 0.169. The highest BCUT2D eigenvalue weighted by Gasteiger charge is 2.41. The van der Waals surface area contributed by atoms with Crippen LogP contribution in [0.1, 0.15) is 24.8 Å². The van der Waals surface area contributed by atoms with Crippen molar-refractivity contribution in [3.05, 3.63) is 23.8 Å². The molecule has 5 heteroatoms. The molecule has 2 aliphatic heterocycles. The number of likely N-dealkylation sites (tertiary alicyclic amines) is 1. The van der Waals surface area contributed by atoms with Gasteiger partial charge in [0.1, 0.15) is 0 Å². The van der Waals surface area contributed by atoms with E-state index in [-0.39, 0.29) is 18.7 Å². The molecule has 118 valence electrons. The molecule has 1 aromatic rings. The van der Waals surface area contributed by atoms with Crippen molar-refractivity contribution >= 4 is 5.91 Å². The van der Waals surface area contributed by atoms with Gasteiger partial charge in [-0.2, -0.15) is 0 Å². The second kappa shape index (κ2) is 5.47. The van der Waals surface area contributed by atoms with E-state index in [1.165, 1.54) is 12.8 Å². The van der Waals surface area contributed by atoms with Crippen molar-refractivity contribution in [2.75, 3.05) is 19.9 Å². The lowest BCUT2D eigenvalue weighted by atomic mass is 9.99. The number of rotatable bonds is 4. The molecule has 1 amide bonds. The maximum atomic E-state index is 12.4. The zero-order chi connectivity index (χ0) is 15.1. The van der Waals surface area contributed by atoms with Gasteiger partial charge >= 0.3 is 0 Å². The summed E-state index contributed by atoms with van der Waals surface area (Å²) >= 11 is 0. The van der Waals surface area contributed by atoms with Gasteiger partial charge in [-0.15, -0.1) is 0 Å². The lowest BCUT2D eigenvalue weighted by Crippen LogP contribution is -2.32. The van der Waals surface area contributed by atoms with Crippen LogP contribution < -0.4 is 15.2 Å². The second-order valence-corrected chi connectivity index (χ2v) is 6.65. The molecule has 0 bridgehead atoms. The molecule has 1 saturated heterocycles. The molecule has 0 spiro atoms. The average molecular weight is 302 g/mol. The fourth-order valence-electron chi connectivity index (χ4n) is 3.59. The molecule has 1 aliphatic carbocycles. The Bertz CT molecular complexity index is 585. The normalized spacial score (nSPS) is 26.5. The topological polar surface area (TPSA) is 64.8 Å². The summed E-state index contributed by atoms with van der Waals surface area (Å²) in [6.07, 6.45) is 3.84. The van der Waals surface area contributed by atoms with Crippen LogP contribution in [0, 0.1) is 11.8 Å². The third kappa shape index (κ3) is 2.65. The van der Waals surface area contributed by atoms with E-state index in [9.17, 15) is 4.79 Å². The van der Waals surface area contributed by atoms with E-state index in [0.717, 1.165) is 42.5 Å². The molecule has 2 atom stereocenters. The number of hydrogen-bond donors (Lipinski definition) is 1. The number of aryl methyl sites for hydroxylation is 1. The van der Waals surface area contributed by atoms with E-state index in [4.69, 9.17) is 15.2 Å².